The third-order valence-electron chi connectivity index (χ3n) is 5.65. The van der Waals surface area contributed by atoms with Crippen LogP contribution in [0.2, 0.25) is 0 Å². The van der Waals surface area contributed by atoms with E-state index in [1.165, 1.54) is 40.8 Å². The minimum absolute atomic E-state index is 0.122. The first-order valence-electron chi connectivity index (χ1n) is 9.82. The van der Waals surface area contributed by atoms with Gasteiger partial charge in [-0.1, -0.05) is 0 Å². The first-order chi connectivity index (χ1) is 13.2. The number of hydrogen-bond donors (Lipinski definition) is 0. The van der Waals surface area contributed by atoms with Crippen LogP contribution in [0.3, 0.4) is 0 Å². The summed E-state index contributed by atoms with van der Waals surface area (Å²) in [5, 5.41) is 5.89. The van der Waals surface area contributed by atoms with Crippen molar-refractivity contribution in [2.75, 3.05) is 24.6 Å². The van der Waals surface area contributed by atoms with E-state index in [2.05, 4.69) is 32.7 Å². The van der Waals surface area contributed by atoms with E-state index in [1.54, 1.807) is 6.33 Å². The first kappa shape index (κ1) is 17.1. The topological polar surface area (TPSA) is 56.1 Å². The zero-order valence-corrected chi connectivity index (χ0v) is 16.8. The van der Waals surface area contributed by atoms with Crippen molar-refractivity contribution in [2.45, 2.75) is 52.2 Å². The van der Waals surface area contributed by atoms with Gasteiger partial charge in [-0.15, -0.1) is 11.3 Å². The van der Waals surface area contributed by atoms with Gasteiger partial charge in [0.05, 0.1) is 30.3 Å². The minimum atomic E-state index is 0.122. The van der Waals surface area contributed by atoms with Gasteiger partial charge in [-0.05, 0) is 51.2 Å². The third-order valence-corrected chi connectivity index (χ3v) is 6.85. The fourth-order valence-electron chi connectivity index (χ4n) is 4.39. The molecule has 0 radical (unpaired) electrons. The molecular weight excluding hydrogens is 358 g/mol. The van der Waals surface area contributed by atoms with Gasteiger partial charge in [0.2, 0.25) is 0 Å². The SMILES string of the molecule is Cc1cc(C)n(CC2CN(c3ncnc4sc5c(c34)CCCC5)CCO2)n1. The summed E-state index contributed by atoms with van der Waals surface area (Å²) in [5.74, 6) is 1.10. The molecule has 0 N–H and O–H groups in total. The molecule has 1 aliphatic carbocycles. The summed E-state index contributed by atoms with van der Waals surface area (Å²) in [5.41, 5.74) is 3.74. The highest BCUT2D eigenvalue weighted by Crippen LogP contribution is 2.39. The monoisotopic (exact) mass is 383 g/mol. The Morgan fingerprint density at radius 3 is 2.96 bits per heavy atom. The van der Waals surface area contributed by atoms with Crippen LogP contribution in [0.5, 0.6) is 0 Å². The first-order valence-corrected chi connectivity index (χ1v) is 10.6. The van der Waals surface area contributed by atoms with E-state index in [0.29, 0.717) is 0 Å². The molecular formula is C20H25N5OS. The second kappa shape index (κ2) is 6.87. The lowest BCUT2D eigenvalue weighted by Crippen LogP contribution is -2.45. The number of rotatable bonds is 3. The fraction of sp³-hybridized carbons (Fsp3) is 0.550. The lowest BCUT2D eigenvalue weighted by Gasteiger charge is -2.34. The summed E-state index contributed by atoms with van der Waals surface area (Å²) in [6, 6.07) is 2.12. The average molecular weight is 384 g/mol. The molecule has 0 bridgehead atoms. The Bertz CT molecular complexity index is 978. The molecule has 3 aromatic rings. The van der Waals surface area contributed by atoms with Crippen LogP contribution >= 0.6 is 11.3 Å². The highest BCUT2D eigenvalue weighted by atomic mass is 32.1. The Morgan fingerprint density at radius 2 is 2.11 bits per heavy atom. The van der Waals surface area contributed by atoms with E-state index < -0.39 is 0 Å². The maximum absolute atomic E-state index is 6.06. The normalized spacial score (nSPS) is 20.2. The second-order valence-corrected chi connectivity index (χ2v) is 8.72. The van der Waals surface area contributed by atoms with Crippen LogP contribution in [-0.4, -0.2) is 45.5 Å². The maximum Gasteiger partial charge on any atom is 0.141 e. The van der Waals surface area contributed by atoms with Crippen LogP contribution in [0.1, 0.15) is 34.7 Å². The van der Waals surface area contributed by atoms with Crippen molar-refractivity contribution in [3.63, 3.8) is 0 Å². The van der Waals surface area contributed by atoms with Gasteiger partial charge in [-0.3, -0.25) is 4.68 Å². The van der Waals surface area contributed by atoms with E-state index in [4.69, 9.17) is 9.72 Å². The summed E-state index contributed by atoms with van der Waals surface area (Å²) in [4.78, 5) is 14.4. The molecule has 1 aliphatic heterocycles. The molecule has 0 aromatic carbocycles. The van der Waals surface area contributed by atoms with Gasteiger partial charge in [0.15, 0.2) is 0 Å². The largest absolute Gasteiger partial charge is 0.373 e. The summed E-state index contributed by atoms with van der Waals surface area (Å²) in [7, 11) is 0. The highest BCUT2D eigenvalue weighted by Gasteiger charge is 2.27. The summed E-state index contributed by atoms with van der Waals surface area (Å²) in [6.07, 6.45) is 6.78. The van der Waals surface area contributed by atoms with Crippen molar-refractivity contribution < 1.29 is 4.74 Å². The molecule has 3 aromatic heterocycles. The van der Waals surface area contributed by atoms with Crippen molar-refractivity contribution >= 4 is 27.4 Å². The molecule has 1 saturated heterocycles. The van der Waals surface area contributed by atoms with Gasteiger partial charge in [-0.2, -0.15) is 5.10 Å². The van der Waals surface area contributed by atoms with Gasteiger partial charge >= 0.3 is 0 Å². The van der Waals surface area contributed by atoms with Gasteiger partial charge < -0.3 is 9.64 Å². The lowest BCUT2D eigenvalue weighted by atomic mass is 9.97. The van der Waals surface area contributed by atoms with E-state index in [-0.39, 0.29) is 6.10 Å². The molecule has 7 heteroatoms. The van der Waals surface area contributed by atoms with Crippen LogP contribution < -0.4 is 4.90 Å². The van der Waals surface area contributed by atoms with Crippen molar-refractivity contribution in [3.8, 4) is 0 Å². The van der Waals surface area contributed by atoms with Crippen LogP contribution in [0.25, 0.3) is 10.2 Å². The summed E-state index contributed by atoms with van der Waals surface area (Å²) >= 11 is 1.86. The van der Waals surface area contributed by atoms with Crippen molar-refractivity contribution in [3.05, 3.63) is 34.2 Å². The Labute approximate surface area is 163 Å². The fourth-order valence-corrected chi connectivity index (χ4v) is 5.61. The minimum Gasteiger partial charge on any atom is -0.373 e. The number of nitrogens with zero attached hydrogens (tertiary/aromatic N) is 5. The summed E-state index contributed by atoms with van der Waals surface area (Å²) in [6.45, 7) is 7.37. The lowest BCUT2D eigenvalue weighted by molar-refractivity contribution is 0.0268. The van der Waals surface area contributed by atoms with Crippen LogP contribution in [-0.2, 0) is 24.1 Å². The molecule has 0 spiro atoms. The number of aromatic nitrogens is 4. The van der Waals surface area contributed by atoms with Crippen molar-refractivity contribution in [1.29, 1.82) is 0 Å². The molecule has 4 heterocycles. The quantitative estimate of drug-likeness (QED) is 0.695. The van der Waals surface area contributed by atoms with E-state index in [0.717, 1.165) is 49.0 Å². The van der Waals surface area contributed by atoms with Crippen molar-refractivity contribution in [1.82, 2.24) is 19.7 Å². The standard InChI is InChI=1S/C20H25N5OS/c1-13-9-14(2)25(23-13)11-15-10-24(7-8-26-15)19-18-16-5-3-4-6-17(16)27-20(18)22-12-21-19/h9,12,15H,3-8,10-11H2,1-2H3. The third kappa shape index (κ3) is 3.12. The number of morpholine rings is 1. The Hall–Kier alpha value is -1.99. The predicted octanol–water partition coefficient (Wildman–Crippen LogP) is 3.29. The van der Waals surface area contributed by atoms with E-state index >= 15 is 0 Å². The number of thiophene rings is 1. The van der Waals surface area contributed by atoms with E-state index in [9.17, 15) is 0 Å². The van der Waals surface area contributed by atoms with Gasteiger partial charge in [0.1, 0.15) is 17.0 Å². The van der Waals surface area contributed by atoms with Crippen molar-refractivity contribution in [2.24, 2.45) is 0 Å². The van der Waals surface area contributed by atoms with Crippen LogP contribution in [0, 0.1) is 13.8 Å². The number of ether oxygens (including phenoxy) is 1. The molecule has 1 atom stereocenters. The molecule has 2 aliphatic rings. The molecule has 1 fully saturated rings. The number of anilines is 1. The van der Waals surface area contributed by atoms with Gasteiger partial charge in [0.25, 0.3) is 0 Å². The number of fused-ring (bicyclic) bond motifs is 3. The van der Waals surface area contributed by atoms with Gasteiger partial charge in [-0.25, -0.2) is 9.97 Å². The average Bonchev–Trinajstić information content (AvgIpc) is 3.21. The Kier molecular flexibility index (Phi) is 4.36. The molecule has 5 rings (SSSR count). The number of aryl methyl sites for hydroxylation is 4. The zero-order chi connectivity index (χ0) is 18.4. The molecule has 27 heavy (non-hydrogen) atoms. The summed E-state index contributed by atoms with van der Waals surface area (Å²) < 4.78 is 8.12. The zero-order valence-electron chi connectivity index (χ0n) is 15.9. The molecule has 142 valence electrons. The maximum atomic E-state index is 6.06. The molecule has 6 nitrogen and oxygen atoms in total. The molecule has 1 unspecified atom stereocenters. The predicted molar refractivity (Wildman–Crippen MR) is 108 cm³/mol. The molecule has 0 amide bonds. The second-order valence-electron chi connectivity index (χ2n) is 7.64. The van der Waals surface area contributed by atoms with E-state index in [1.807, 2.05) is 18.3 Å². The molecule has 0 saturated carbocycles. The van der Waals surface area contributed by atoms with Gasteiger partial charge in [0, 0.05) is 23.7 Å². The highest BCUT2D eigenvalue weighted by molar-refractivity contribution is 7.19. The van der Waals surface area contributed by atoms with Crippen LogP contribution in [0.4, 0.5) is 5.82 Å². The van der Waals surface area contributed by atoms with Crippen LogP contribution in [0.15, 0.2) is 12.4 Å². The Morgan fingerprint density at radius 1 is 1.22 bits per heavy atom. The Balaban J connectivity index is 1.44. The number of hydrogen-bond acceptors (Lipinski definition) is 6. The smallest absolute Gasteiger partial charge is 0.141 e.